The molecule has 0 fully saturated rings. The molecule has 132 valence electrons. The number of benzene rings is 2. The Morgan fingerprint density at radius 1 is 1.15 bits per heavy atom. The summed E-state index contributed by atoms with van der Waals surface area (Å²) < 4.78 is 16.1. The molecule has 0 atom stereocenters. The molecule has 2 heterocycles. The molecule has 2 aromatic carbocycles. The largest absolute Gasteiger partial charge is 0.352 e. The highest BCUT2D eigenvalue weighted by Gasteiger charge is 2.13. The maximum Gasteiger partial charge on any atom is 0.221 e. The fraction of sp³-hybridized carbons (Fsp3) is 0.167. The minimum absolute atomic E-state index is 0.0437. The lowest BCUT2D eigenvalue weighted by atomic mass is 10.2. The zero-order chi connectivity index (χ0) is 17.9. The molecule has 1 amide bonds. The first-order valence-electron chi connectivity index (χ1n) is 8.07. The first kappa shape index (κ1) is 17.0. The van der Waals surface area contributed by atoms with E-state index in [2.05, 4.69) is 21.6 Å². The monoisotopic (exact) mass is 386 g/mol. The van der Waals surface area contributed by atoms with Gasteiger partial charge in [0.2, 0.25) is 10.9 Å². The molecule has 1 N–H and O–H groups in total. The van der Waals surface area contributed by atoms with Gasteiger partial charge in [0.25, 0.3) is 0 Å². The molecule has 0 radical (unpaired) electrons. The van der Waals surface area contributed by atoms with Crippen LogP contribution >= 0.6 is 23.1 Å². The van der Waals surface area contributed by atoms with Crippen LogP contribution in [0.25, 0.3) is 15.2 Å². The van der Waals surface area contributed by atoms with E-state index < -0.39 is 0 Å². The van der Waals surface area contributed by atoms with Gasteiger partial charge in [-0.1, -0.05) is 47.4 Å². The number of thioether (sulfide) groups is 1. The average molecular weight is 386 g/mol. The predicted molar refractivity (Wildman–Crippen MR) is 102 cm³/mol. The number of hydrogen-bond donors (Lipinski definition) is 1. The van der Waals surface area contributed by atoms with E-state index in [1.54, 1.807) is 23.5 Å². The Hall–Kier alpha value is -2.45. The number of nitrogens with zero attached hydrogens (tertiary/aromatic N) is 3. The van der Waals surface area contributed by atoms with Crippen LogP contribution in [0.5, 0.6) is 0 Å². The van der Waals surface area contributed by atoms with E-state index in [1.165, 1.54) is 23.9 Å². The van der Waals surface area contributed by atoms with Crippen molar-refractivity contribution in [3.8, 4) is 0 Å². The average Bonchev–Trinajstić information content (AvgIpc) is 3.21. The van der Waals surface area contributed by atoms with Crippen LogP contribution < -0.4 is 5.32 Å². The van der Waals surface area contributed by atoms with Crippen molar-refractivity contribution in [2.75, 3.05) is 5.75 Å². The summed E-state index contributed by atoms with van der Waals surface area (Å²) in [4.78, 5) is 12.9. The van der Waals surface area contributed by atoms with Crippen LogP contribution in [0.4, 0.5) is 4.39 Å². The van der Waals surface area contributed by atoms with Gasteiger partial charge < -0.3 is 5.32 Å². The van der Waals surface area contributed by atoms with Crippen LogP contribution in [0.1, 0.15) is 12.0 Å². The van der Waals surface area contributed by atoms with Crippen molar-refractivity contribution in [2.24, 2.45) is 0 Å². The predicted octanol–water partition coefficient (Wildman–Crippen LogP) is 3.88. The molecule has 0 aliphatic carbocycles. The number of amides is 1. The summed E-state index contributed by atoms with van der Waals surface area (Å²) in [5, 5.41) is 12.1. The molecule has 4 aromatic rings. The van der Waals surface area contributed by atoms with Crippen molar-refractivity contribution in [2.45, 2.75) is 18.1 Å². The van der Waals surface area contributed by atoms with Crippen molar-refractivity contribution < 1.29 is 9.18 Å². The first-order valence-corrected chi connectivity index (χ1v) is 9.87. The number of hydrogen-bond acceptors (Lipinski definition) is 5. The highest BCUT2D eigenvalue weighted by Crippen LogP contribution is 2.29. The molecule has 5 nitrogen and oxygen atoms in total. The molecule has 0 aliphatic rings. The molecular formula is C18H15FN4OS2. The highest BCUT2D eigenvalue weighted by atomic mass is 32.2. The van der Waals surface area contributed by atoms with Gasteiger partial charge in [-0.3, -0.25) is 9.20 Å². The zero-order valence-corrected chi connectivity index (χ0v) is 15.3. The molecule has 8 heteroatoms. The standard InChI is InChI=1S/C18H15FN4OS2/c19-13-7-5-12(6-8-13)11-20-16(24)9-10-25-17-21-22-18-23(17)14-3-1-2-4-15(14)26-18/h1-8H,9-11H2,(H,20,24). The number of halogens is 1. The lowest BCUT2D eigenvalue weighted by Gasteiger charge is -2.05. The second-order valence-corrected chi connectivity index (χ2v) is 7.74. The topological polar surface area (TPSA) is 59.3 Å². The van der Waals surface area contributed by atoms with E-state index in [0.29, 0.717) is 18.7 Å². The Kier molecular flexibility index (Phi) is 4.85. The first-order chi connectivity index (χ1) is 12.7. The zero-order valence-electron chi connectivity index (χ0n) is 13.7. The van der Waals surface area contributed by atoms with Gasteiger partial charge in [-0.2, -0.15) is 0 Å². The van der Waals surface area contributed by atoms with Crippen molar-refractivity contribution in [3.63, 3.8) is 0 Å². The van der Waals surface area contributed by atoms with Crippen LogP contribution in [0.15, 0.2) is 53.7 Å². The summed E-state index contributed by atoms with van der Waals surface area (Å²) >= 11 is 3.11. The van der Waals surface area contributed by atoms with Gasteiger partial charge in [0.05, 0.1) is 10.2 Å². The van der Waals surface area contributed by atoms with E-state index >= 15 is 0 Å². The summed E-state index contributed by atoms with van der Waals surface area (Å²) in [7, 11) is 0. The van der Waals surface area contributed by atoms with E-state index in [-0.39, 0.29) is 11.7 Å². The minimum atomic E-state index is -0.281. The fourth-order valence-electron chi connectivity index (χ4n) is 2.58. The molecule has 26 heavy (non-hydrogen) atoms. The number of nitrogens with one attached hydrogen (secondary N) is 1. The van der Waals surface area contributed by atoms with Crippen molar-refractivity contribution in [1.29, 1.82) is 0 Å². The lowest BCUT2D eigenvalue weighted by Crippen LogP contribution is -2.23. The minimum Gasteiger partial charge on any atom is -0.352 e. The van der Waals surface area contributed by atoms with Gasteiger partial charge in [-0.15, -0.1) is 10.2 Å². The van der Waals surface area contributed by atoms with Crippen LogP contribution in [0.3, 0.4) is 0 Å². The second-order valence-electron chi connectivity index (χ2n) is 5.67. The normalized spacial score (nSPS) is 11.3. The SMILES string of the molecule is O=C(CCSc1nnc2sc3ccccc3n12)NCc1ccc(F)cc1. The van der Waals surface area contributed by atoms with Crippen LogP contribution in [-0.4, -0.2) is 26.3 Å². The number of aromatic nitrogens is 3. The maximum absolute atomic E-state index is 12.9. The van der Waals surface area contributed by atoms with Crippen LogP contribution in [0, 0.1) is 5.82 Å². The van der Waals surface area contributed by atoms with E-state index in [9.17, 15) is 9.18 Å². The Labute approximate surface area is 157 Å². The van der Waals surface area contributed by atoms with Crippen molar-refractivity contribution in [1.82, 2.24) is 19.9 Å². The third kappa shape index (κ3) is 3.56. The Morgan fingerprint density at radius 2 is 1.96 bits per heavy atom. The van der Waals surface area contributed by atoms with Crippen molar-refractivity contribution in [3.05, 3.63) is 59.9 Å². The summed E-state index contributed by atoms with van der Waals surface area (Å²) in [6.45, 7) is 0.397. The van der Waals surface area contributed by atoms with Gasteiger partial charge in [0, 0.05) is 18.7 Å². The summed E-state index contributed by atoms with van der Waals surface area (Å²) in [6, 6.07) is 14.2. The van der Waals surface area contributed by atoms with Crippen LogP contribution in [-0.2, 0) is 11.3 Å². The number of thiazole rings is 1. The quantitative estimate of drug-likeness (QED) is 0.511. The lowest BCUT2D eigenvalue weighted by molar-refractivity contribution is -0.120. The number of para-hydroxylation sites is 1. The second kappa shape index (κ2) is 7.43. The highest BCUT2D eigenvalue weighted by molar-refractivity contribution is 7.99. The number of carbonyl (C=O) groups excluding carboxylic acids is 1. The smallest absolute Gasteiger partial charge is 0.221 e. The Morgan fingerprint density at radius 3 is 2.81 bits per heavy atom. The molecule has 0 unspecified atom stereocenters. The molecule has 0 saturated heterocycles. The number of carbonyl (C=O) groups is 1. The molecular weight excluding hydrogens is 371 g/mol. The molecule has 0 aliphatic heterocycles. The van der Waals surface area contributed by atoms with Gasteiger partial charge in [0.1, 0.15) is 5.82 Å². The summed E-state index contributed by atoms with van der Waals surface area (Å²) in [5.74, 6) is 0.287. The van der Waals surface area contributed by atoms with E-state index in [4.69, 9.17) is 0 Å². The summed E-state index contributed by atoms with van der Waals surface area (Å²) in [6.07, 6.45) is 0.378. The summed E-state index contributed by atoms with van der Waals surface area (Å²) in [5.41, 5.74) is 1.96. The van der Waals surface area contributed by atoms with Gasteiger partial charge >= 0.3 is 0 Å². The number of fused-ring (bicyclic) bond motifs is 3. The molecule has 2 aromatic heterocycles. The van der Waals surface area contributed by atoms with Crippen LogP contribution in [0.2, 0.25) is 0 Å². The third-order valence-corrected chi connectivity index (χ3v) is 5.82. The third-order valence-electron chi connectivity index (χ3n) is 3.87. The Bertz CT molecular complexity index is 1060. The fourth-order valence-corrected chi connectivity index (χ4v) is 4.48. The Balaban J connectivity index is 1.33. The maximum atomic E-state index is 12.9. The van der Waals surface area contributed by atoms with Gasteiger partial charge in [-0.05, 0) is 29.8 Å². The van der Waals surface area contributed by atoms with Gasteiger partial charge in [0.15, 0.2) is 5.16 Å². The number of rotatable bonds is 6. The van der Waals surface area contributed by atoms with E-state index in [0.717, 1.165) is 25.9 Å². The van der Waals surface area contributed by atoms with Gasteiger partial charge in [-0.25, -0.2) is 4.39 Å². The van der Waals surface area contributed by atoms with Crippen molar-refractivity contribution >= 4 is 44.2 Å². The van der Waals surface area contributed by atoms with E-state index in [1.807, 2.05) is 22.6 Å². The molecule has 0 bridgehead atoms. The molecule has 0 spiro atoms. The molecule has 0 saturated carbocycles. The molecule has 4 rings (SSSR count).